The van der Waals surface area contributed by atoms with Crippen LogP contribution in [0.25, 0.3) is 11.5 Å². The predicted molar refractivity (Wildman–Crippen MR) is 93.8 cm³/mol. The quantitative estimate of drug-likeness (QED) is 0.588. The van der Waals surface area contributed by atoms with Gasteiger partial charge in [-0.3, -0.25) is 14.9 Å². The van der Waals surface area contributed by atoms with Gasteiger partial charge in [0.15, 0.2) is 0 Å². The van der Waals surface area contributed by atoms with Gasteiger partial charge in [-0.05, 0) is 11.6 Å². The van der Waals surface area contributed by atoms with E-state index in [1.165, 1.54) is 0 Å². The largest absolute Gasteiger partial charge is 0.347 e. The zero-order valence-electron chi connectivity index (χ0n) is 14.4. The molecule has 9 heteroatoms. The van der Waals surface area contributed by atoms with E-state index in [2.05, 4.69) is 46.0 Å². The maximum atomic E-state index is 5.59. The smallest absolute Gasteiger partial charge is 0.244 e. The van der Waals surface area contributed by atoms with E-state index in [-0.39, 0.29) is 6.04 Å². The molecule has 0 aromatic carbocycles. The maximum Gasteiger partial charge on any atom is 0.244 e. The Bertz CT molecular complexity index is 1030. The summed E-state index contributed by atoms with van der Waals surface area (Å²) >= 11 is 0. The summed E-state index contributed by atoms with van der Waals surface area (Å²) in [5, 5.41) is 4.09. The van der Waals surface area contributed by atoms with Crippen LogP contribution in [0.4, 0.5) is 0 Å². The van der Waals surface area contributed by atoms with Crippen LogP contribution in [-0.2, 0) is 19.5 Å². The molecule has 4 aromatic heterocycles. The number of imidazole rings is 1. The van der Waals surface area contributed by atoms with E-state index in [1.54, 1.807) is 31.1 Å². The van der Waals surface area contributed by atoms with Crippen molar-refractivity contribution in [3.8, 4) is 11.5 Å². The fourth-order valence-corrected chi connectivity index (χ4v) is 3.31. The lowest BCUT2D eigenvalue weighted by Gasteiger charge is -2.32. The van der Waals surface area contributed by atoms with Gasteiger partial charge in [0, 0.05) is 44.3 Å². The van der Waals surface area contributed by atoms with Crippen molar-refractivity contribution in [2.75, 3.05) is 0 Å². The summed E-state index contributed by atoms with van der Waals surface area (Å²) in [5.41, 5.74) is 3.85. The lowest BCUT2D eigenvalue weighted by molar-refractivity contribution is 0.128. The van der Waals surface area contributed by atoms with Crippen molar-refractivity contribution in [2.24, 2.45) is 0 Å². The highest BCUT2D eigenvalue weighted by atomic mass is 16.5. The molecule has 9 nitrogen and oxygen atoms in total. The Balaban J connectivity index is 1.47. The predicted octanol–water partition coefficient (Wildman–Crippen LogP) is 1.94. The first-order valence-corrected chi connectivity index (χ1v) is 8.61. The lowest BCUT2D eigenvalue weighted by Crippen LogP contribution is -2.34. The second kappa shape index (κ2) is 6.69. The number of hydrogen-bond donors (Lipinski definition) is 1. The van der Waals surface area contributed by atoms with E-state index in [1.807, 2.05) is 12.3 Å². The Morgan fingerprint density at radius 1 is 1.15 bits per heavy atom. The second-order valence-corrected chi connectivity index (χ2v) is 6.36. The van der Waals surface area contributed by atoms with E-state index in [9.17, 15) is 0 Å². The average molecular weight is 360 g/mol. The minimum absolute atomic E-state index is 0.0704. The van der Waals surface area contributed by atoms with E-state index in [0.29, 0.717) is 23.8 Å². The molecule has 1 atom stereocenters. The van der Waals surface area contributed by atoms with Gasteiger partial charge in [-0.1, -0.05) is 11.2 Å². The lowest BCUT2D eigenvalue weighted by atomic mass is 10.0. The number of nitrogens with one attached hydrogen (secondary N) is 1. The molecule has 0 fully saturated rings. The first-order valence-electron chi connectivity index (χ1n) is 8.61. The summed E-state index contributed by atoms with van der Waals surface area (Å²) in [6.07, 6.45) is 10.9. The first kappa shape index (κ1) is 15.8. The monoisotopic (exact) mass is 360 g/mol. The number of rotatable bonds is 4. The molecule has 4 aromatic rings. The minimum atomic E-state index is -0.0704. The third kappa shape index (κ3) is 3.08. The van der Waals surface area contributed by atoms with Gasteiger partial charge in [0.05, 0.1) is 30.0 Å². The Kier molecular flexibility index (Phi) is 3.91. The van der Waals surface area contributed by atoms with E-state index < -0.39 is 0 Å². The maximum absolute atomic E-state index is 5.59. The molecule has 0 saturated carbocycles. The highest BCUT2D eigenvalue weighted by molar-refractivity contribution is 5.45. The number of aromatic amines is 1. The summed E-state index contributed by atoms with van der Waals surface area (Å²) in [4.78, 5) is 27.0. The normalized spacial score (nSPS) is 17.0. The SMILES string of the molecule is c1cncc(CN2Cc3[nH]cnc3C[C@H]2c2nc(-c3cnccn3)no2)c1. The second-order valence-electron chi connectivity index (χ2n) is 6.36. The van der Waals surface area contributed by atoms with Crippen LogP contribution < -0.4 is 0 Å². The standard InChI is InChI=1S/C18H16N8O/c1-2-12(7-19-3-1)9-26-10-15-13(22-11-23-15)6-16(26)18-24-17(25-27-18)14-8-20-4-5-21-14/h1-5,7-8,11,16H,6,9-10H2,(H,22,23)/t16-/m0/s1. The zero-order valence-corrected chi connectivity index (χ0v) is 14.4. The summed E-state index contributed by atoms with van der Waals surface area (Å²) in [6.45, 7) is 1.44. The fourth-order valence-electron chi connectivity index (χ4n) is 3.31. The third-order valence-electron chi connectivity index (χ3n) is 4.62. The third-order valence-corrected chi connectivity index (χ3v) is 4.62. The van der Waals surface area contributed by atoms with Crippen LogP contribution in [0.2, 0.25) is 0 Å². The number of aromatic nitrogens is 7. The molecule has 0 bridgehead atoms. The van der Waals surface area contributed by atoms with Crippen LogP contribution in [0.1, 0.15) is 28.9 Å². The highest BCUT2D eigenvalue weighted by Gasteiger charge is 2.33. The number of fused-ring (bicyclic) bond motifs is 1. The first-order chi connectivity index (χ1) is 13.4. The molecule has 0 saturated heterocycles. The van der Waals surface area contributed by atoms with Gasteiger partial charge in [0.25, 0.3) is 0 Å². The van der Waals surface area contributed by atoms with Crippen molar-refractivity contribution in [3.05, 3.63) is 72.3 Å². The highest BCUT2D eigenvalue weighted by Crippen LogP contribution is 2.32. The van der Waals surface area contributed by atoms with Gasteiger partial charge >= 0.3 is 0 Å². The molecular weight excluding hydrogens is 344 g/mol. The summed E-state index contributed by atoms with van der Waals surface area (Å²) < 4.78 is 5.59. The van der Waals surface area contributed by atoms with Gasteiger partial charge in [0.2, 0.25) is 11.7 Å². The van der Waals surface area contributed by atoms with Crippen molar-refractivity contribution in [1.29, 1.82) is 0 Å². The Hall–Kier alpha value is -3.46. The number of pyridine rings is 1. The average Bonchev–Trinajstić information content (AvgIpc) is 3.38. The summed E-state index contributed by atoms with van der Waals surface area (Å²) in [6, 6.07) is 3.93. The van der Waals surface area contributed by atoms with E-state index in [4.69, 9.17) is 4.52 Å². The molecule has 5 heterocycles. The Morgan fingerprint density at radius 2 is 2.11 bits per heavy atom. The van der Waals surface area contributed by atoms with Crippen molar-refractivity contribution in [1.82, 2.24) is 40.0 Å². The zero-order chi connectivity index (χ0) is 18.1. The molecule has 27 heavy (non-hydrogen) atoms. The van der Waals surface area contributed by atoms with Crippen LogP contribution in [-0.4, -0.2) is 40.0 Å². The number of hydrogen-bond acceptors (Lipinski definition) is 8. The molecular formula is C18H16N8O. The molecule has 1 N–H and O–H groups in total. The summed E-state index contributed by atoms with van der Waals surface area (Å²) in [7, 11) is 0. The van der Waals surface area contributed by atoms with Gasteiger partial charge in [-0.15, -0.1) is 0 Å². The van der Waals surface area contributed by atoms with Crippen LogP contribution in [0.5, 0.6) is 0 Å². The van der Waals surface area contributed by atoms with Crippen LogP contribution in [0.3, 0.4) is 0 Å². The molecule has 0 unspecified atom stereocenters. The van der Waals surface area contributed by atoms with Gasteiger partial charge in [0.1, 0.15) is 5.69 Å². The molecule has 5 rings (SSSR count). The summed E-state index contributed by atoms with van der Waals surface area (Å²) in [5.74, 6) is 0.987. The minimum Gasteiger partial charge on any atom is -0.347 e. The van der Waals surface area contributed by atoms with Crippen molar-refractivity contribution >= 4 is 0 Å². The van der Waals surface area contributed by atoms with Crippen molar-refractivity contribution in [3.63, 3.8) is 0 Å². The molecule has 1 aliphatic heterocycles. The van der Waals surface area contributed by atoms with Gasteiger partial charge in [-0.2, -0.15) is 4.98 Å². The van der Waals surface area contributed by atoms with Gasteiger partial charge < -0.3 is 9.51 Å². The van der Waals surface area contributed by atoms with Crippen LogP contribution in [0, 0.1) is 0 Å². The molecule has 0 aliphatic carbocycles. The molecule has 0 spiro atoms. The van der Waals surface area contributed by atoms with Gasteiger partial charge in [-0.25, -0.2) is 9.97 Å². The van der Waals surface area contributed by atoms with Crippen LogP contribution in [0.15, 0.2) is 54.0 Å². The molecule has 1 aliphatic rings. The van der Waals surface area contributed by atoms with Crippen molar-refractivity contribution < 1.29 is 4.52 Å². The van der Waals surface area contributed by atoms with Crippen molar-refractivity contribution in [2.45, 2.75) is 25.6 Å². The number of nitrogens with zero attached hydrogens (tertiary/aromatic N) is 7. The fraction of sp³-hybridized carbons (Fsp3) is 0.222. The Morgan fingerprint density at radius 3 is 2.96 bits per heavy atom. The van der Waals surface area contributed by atoms with E-state index >= 15 is 0 Å². The Labute approximate surface area is 154 Å². The molecule has 0 amide bonds. The number of H-pyrrole nitrogens is 1. The topological polar surface area (TPSA) is 110 Å². The van der Waals surface area contributed by atoms with Crippen LogP contribution >= 0.6 is 0 Å². The van der Waals surface area contributed by atoms with E-state index in [0.717, 1.165) is 30.0 Å². The molecule has 134 valence electrons. The molecule has 0 radical (unpaired) electrons.